The Morgan fingerprint density at radius 1 is 1.32 bits per heavy atom. The number of nitrogens with one attached hydrogen (secondary N) is 1. The first-order valence-corrected chi connectivity index (χ1v) is 9.25. The molecule has 0 spiro atoms. The van der Waals surface area contributed by atoms with Gasteiger partial charge in [0.2, 0.25) is 10.0 Å². The molecule has 1 aliphatic rings. The highest BCUT2D eigenvalue weighted by molar-refractivity contribution is 9.09. The maximum absolute atomic E-state index is 11.9. The number of aryl methyl sites for hydroxylation is 1. The molecule has 0 saturated heterocycles. The largest absolute Gasteiger partial charge is 0.265 e. The van der Waals surface area contributed by atoms with E-state index in [1.165, 1.54) is 0 Å². The van der Waals surface area contributed by atoms with E-state index in [9.17, 15) is 8.42 Å². The van der Waals surface area contributed by atoms with Crippen molar-refractivity contribution in [1.82, 2.24) is 9.71 Å². The van der Waals surface area contributed by atoms with Crippen molar-refractivity contribution in [3.63, 3.8) is 0 Å². The van der Waals surface area contributed by atoms with Crippen LogP contribution in [0.4, 0.5) is 0 Å². The first-order valence-electron chi connectivity index (χ1n) is 6.48. The van der Waals surface area contributed by atoms with Gasteiger partial charge in [0.25, 0.3) is 0 Å². The normalized spacial score (nSPS) is 17.3. The molecule has 1 aromatic heterocycles. The van der Waals surface area contributed by atoms with Gasteiger partial charge in [-0.25, -0.2) is 13.1 Å². The average molecular weight is 347 g/mol. The van der Waals surface area contributed by atoms with E-state index < -0.39 is 10.0 Å². The van der Waals surface area contributed by atoms with Gasteiger partial charge in [0.05, 0.1) is 5.75 Å². The van der Waals surface area contributed by atoms with Crippen LogP contribution in [-0.2, 0) is 16.4 Å². The third-order valence-corrected chi connectivity index (χ3v) is 5.38. The first-order chi connectivity index (χ1) is 9.05. The average Bonchev–Trinajstić information content (AvgIpc) is 3.17. The van der Waals surface area contributed by atoms with Crippen LogP contribution >= 0.6 is 15.9 Å². The van der Waals surface area contributed by atoms with Gasteiger partial charge in [0.1, 0.15) is 0 Å². The second-order valence-corrected chi connectivity index (χ2v) is 7.90. The molecule has 106 valence electrons. The molecule has 1 heterocycles. The first kappa shape index (κ1) is 14.9. The molecule has 0 atom stereocenters. The second-order valence-electron chi connectivity index (χ2n) is 5.18. The van der Waals surface area contributed by atoms with Crippen LogP contribution in [-0.4, -0.2) is 31.0 Å². The Labute approximate surface area is 123 Å². The summed E-state index contributed by atoms with van der Waals surface area (Å²) >= 11 is 3.42. The van der Waals surface area contributed by atoms with E-state index in [-0.39, 0.29) is 11.2 Å². The van der Waals surface area contributed by atoms with Crippen molar-refractivity contribution in [1.29, 1.82) is 0 Å². The third kappa shape index (κ3) is 4.85. The number of sulfonamides is 1. The lowest BCUT2D eigenvalue weighted by molar-refractivity contribution is 0.480. The third-order valence-electron chi connectivity index (χ3n) is 3.66. The van der Waals surface area contributed by atoms with Gasteiger partial charge in [-0.15, -0.1) is 0 Å². The summed E-state index contributed by atoms with van der Waals surface area (Å²) in [5.74, 6) is 0.140. The van der Waals surface area contributed by atoms with E-state index >= 15 is 0 Å². The van der Waals surface area contributed by atoms with Crippen molar-refractivity contribution in [2.45, 2.75) is 25.7 Å². The quantitative estimate of drug-likeness (QED) is 0.733. The van der Waals surface area contributed by atoms with E-state index in [1.54, 1.807) is 12.4 Å². The van der Waals surface area contributed by atoms with Crippen molar-refractivity contribution in [3.8, 4) is 0 Å². The Morgan fingerprint density at radius 2 is 2.00 bits per heavy atom. The Kier molecular flexibility index (Phi) is 4.97. The number of rotatable bonds is 8. The SMILES string of the molecule is O=S(=O)(CCc1ccncc1)NCC1(CCBr)CC1. The Morgan fingerprint density at radius 3 is 2.58 bits per heavy atom. The maximum Gasteiger partial charge on any atom is 0.211 e. The predicted octanol–water partition coefficient (Wildman–Crippen LogP) is 2.11. The molecule has 0 aliphatic heterocycles. The molecule has 0 aromatic carbocycles. The number of nitrogens with zero attached hydrogens (tertiary/aromatic N) is 1. The lowest BCUT2D eigenvalue weighted by Gasteiger charge is -2.14. The molecule has 0 bridgehead atoms. The molecule has 1 aliphatic carbocycles. The number of halogens is 1. The van der Waals surface area contributed by atoms with Gasteiger partial charge < -0.3 is 0 Å². The van der Waals surface area contributed by atoms with Gasteiger partial charge in [-0.1, -0.05) is 15.9 Å². The monoisotopic (exact) mass is 346 g/mol. The summed E-state index contributed by atoms with van der Waals surface area (Å²) < 4.78 is 26.6. The van der Waals surface area contributed by atoms with Crippen molar-refractivity contribution < 1.29 is 8.42 Å². The van der Waals surface area contributed by atoms with E-state index in [0.717, 1.165) is 30.2 Å². The Hall–Kier alpha value is -0.460. The van der Waals surface area contributed by atoms with Crippen molar-refractivity contribution >= 4 is 26.0 Å². The summed E-state index contributed by atoms with van der Waals surface area (Å²) in [5.41, 5.74) is 1.22. The Balaban J connectivity index is 1.79. The van der Waals surface area contributed by atoms with Gasteiger partial charge in [-0.3, -0.25) is 4.98 Å². The van der Waals surface area contributed by atoms with E-state index in [0.29, 0.717) is 13.0 Å². The molecule has 19 heavy (non-hydrogen) atoms. The van der Waals surface area contributed by atoms with Crippen LogP contribution in [0, 0.1) is 5.41 Å². The van der Waals surface area contributed by atoms with Crippen LogP contribution in [0.15, 0.2) is 24.5 Å². The highest BCUT2D eigenvalue weighted by atomic mass is 79.9. The highest BCUT2D eigenvalue weighted by Crippen LogP contribution is 2.48. The van der Waals surface area contributed by atoms with Crippen LogP contribution < -0.4 is 4.72 Å². The molecule has 1 fully saturated rings. The van der Waals surface area contributed by atoms with Gasteiger partial charge in [0.15, 0.2) is 0 Å². The fourth-order valence-corrected chi connectivity index (χ4v) is 4.05. The lowest BCUT2D eigenvalue weighted by Crippen LogP contribution is -2.32. The number of aromatic nitrogens is 1. The van der Waals surface area contributed by atoms with E-state index in [2.05, 4.69) is 25.6 Å². The molecule has 1 saturated carbocycles. The van der Waals surface area contributed by atoms with Gasteiger partial charge in [0, 0.05) is 24.3 Å². The minimum atomic E-state index is -3.18. The molecule has 1 aromatic rings. The molecule has 6 heteroatoms. The topological polar surface area (TPSA) is 59.1 Å². The number of hydrogen-bond donors (Lipinski definition) is 1. The lowest BCUT2D eigenvalue weighted by atomic mass is 10.1. The maximum atomic E-state index is 11.9. The van der Waals surface area contributed by atoms with Gasteiger partial charge in [-0.05, 0) is 48.8 Å². The minimum absolute atomic E-state index is 0.140. The summed E-state index contributed by atoms with van der Waals surface area (Å²) in [5, 5.41) is 0.936. The van der Waals surface area contributed by atoms with Crippen LogP contribution in [0.2, 0.25) is 0 Å². The zero-order chi connectivity index (χ0) is 13.8. The van der Waals surface area contributed by atoms with Crippen LogP contribution in [0.1, 0.15) is 24.8 Å². The molecular weight excluding hydrogens is 328 g/mol. The van der Waals surface area contributed by atoms with Crippen molar-refractivity contribution in [2.24, 2.45) is 5.41 Å². The number of pyridine rings is 1. The standard InChI is InChI=1S/C13H19BrN2O2S/c14-7-6-13(4-5-13)11-16-19(17,18)10-3-12-1-8-15-9-2-12/h1-2,8-9,16H,3-7,10-11H2. The van der Waals surface area contributed by atoms with Gasteiger partial charge >= 0.3 is 0 Å². The summed E-state index contributed by atoms with van der Waals surface area (Å²) in [7, 11) is -3.18. The summed E-state index contributed by atoms with van der Waals surface area (Å²) in [6.07, 6.45) is 7.20. The summed E-state index contributed by atoms with van der Waals surface area (Å²) in [6, 6.07) is 3.70. The number of hydrogen-bond acceptors (Lipinski definition) is 3. The molecule has 0 amide bonds. The fourth-order valence-electron chi connectivity index (χ4n) is 2.03. The van der Waals surface area contributed by atoms with Crippen molar-refractivity contribution in [2.75, 3.05) is 17.6 Å². The van der Waals surface area contributed by atoms with Crippen LogP contribution in [0.25, 0.3) is 0 Å². The summed E-state index contributed by atoms with van der Waals surface area (Å²) in [4.78, 5) is 3.92. The second kappa shape index (κ2) is 6.33. The van der Waals surface area contributed by atoms with E-state index in [4.69, 9.17) is 0 Å². The van der Waals surface area contributed by atoms with Crippen molar-refractivity contribution in [3.05, 3.63) is 30.1 Å². The summed E-state index contributed by atoms with van der Waals surface area (Å²) in [6.45, 7) is 0.581. The minimum Gasteiger partial charge on any atom is -0.265 e. The van der Waals surface area contributed by atoms with Crippen LogP contribution in [0.3, 0.4) is 0 Å². The molecule has 2 rings (SSSR count). The fraction of sp³-hybridized carbons (Fsp3) is 0.615. The Bertz CT molecular complexity index is 501. The zero-order valence-electron chi connectivity index (χ0n) is 10.8. The predicted molar refractivity (Wildman–Crippen MR) is 79.8 cm³/mol. The smallest absolute Gasteiger partial charge is 0.211 e. The molecular formula is C13H19BrN2O2S. The molecule has 4 nitrogen and oxygen atoms in total. The van der Waals surface area contributed by atoms with Gasteiger partial charge in [-0.2, -0.15) is 0 Å². The zero-order valence-corrected chi connectivity index (χ0v) is 13.2. The van der Waals surface area contributed by atoms with E-state index in [1.807, 2.05) is 12.1 Å². The molecule has 1 N–H and O–H groups in total. The number of alkyl halides is 1. The molecule has 0 unspecified atom stereocenters. The van der Waals surface area contributed by atoms with Crippen LogP contribution in [0.5, 0.6) is 0 Å². The highest BCUT2D eigenvalue weighted by Gasteiger charge is 2.42. The molecule has 0 radical (unpaired) electrons.